The van der Waals surface area contributed by atoms with Gasteiger partial charge in [0.25, 0.3) is 0 Å². The summed E-state index contributed by atoms with van der Waals surface area (Å²) in [5, 5.41) is 4.07. The summed E-state index contributed by atoms with van der Waals surface area (Å²) in [6.07, 6.45) is 3.97. The van der Waals surface area contributed by atoms with Crippen LogP contribution in [-0.4, -0.2) is 29.1 Å². The van der Waals surface area contributed by atoms with E-state index in [1.165, 1.54) is 7.11 Å². The van der Waals surface area contributed by atoms with Crippen molar-refractivity contribution in [3.05, 3.63) is 18.0 Å². The van der Waals surface area contributed by atoms with Crippen molar-refractivity contribution in [1.82, 2.24) is 9.78 Å². The second-order valence-corrected chi connectivity index (χ2v) is 3.68. The summed E-state index contributed by atoms with van der Waals surface area (Å²) < 4.78 is 6.38. The van der Waals surface area contributed by atoms with Crippen LogP contribution in [0.1, 0.15) is 29.4 Å². The monoisotopic (exact) mass is 208 g/mol. The summed E-state index contributed by atoms with van der Waals surface area (Å²) in [6, 6.07) is 1.89. The molecular weight excluding hydrogens is 196 g/mol. The molecule has 1 heterocycles. The highest BCUT2D eigenvalue weighted by Gasteiger charge is 2.36. The third-order valence-electron chi connectivity index (χ3n) is 2.77. The zero-order valence-electron chi connectivity index (χ0n) is 8.42. The van der Waals surface area contributed by atoms with E-state index in [4.69, 9.17) is 0 Å². The van der Waals surface area contributed by atoms with E-state index < -0.39 is 0 Å². The zero-order valence-corrected chi connectivity index (χ0v) is 8.42. The van der Waals surface area contributed by atoms with Gasteiger partial charge < -0.3 is 4.74 Å². The summed E-state index contributed by atoms with van der Waals surface area (Å²) >= 11 is 0. The number of ether oxygens (including phenoxy) is 1. The summed E-state index contributed by atoms with van der Waals surface area (Å²) in [5.41, 5.74) is 0.427. The molecule has 1 saturated carbocycles. The maximum atomic E-state index is 11.1. The highest BCUT2D eigenvalue weighted by molar-refractivity contribution is 5.73. The van der Waals surface area contributed by atoms with Crippen LogP contribution in [0.3, 0.4) is 0 Å². The molecule has 0 aliphatic heterocycles. The first-order valence-corrected chi connectivity index (χ1v) is 4.82. The van der Waals surface area contributed by atoms with Crippen LogP contribution in [0.2, 0.25) is 0 Å². The standard InChI is InChI=1S/C10H12N2O3/c1-15-10(14)7-4-9(5-7)12-3-2-8(6-13)11-12/h2-3,6-7,9H,4-5H2,1H3. The van der Waals surface area contributed by atoms with E-state index in [1.807, 2.05) is 0 Å². The Morgan fingerprint density at radius 1 is 1.67 bits per heavy atom. The molecule has 5 nitrogen and oxygen atoms in total. The fraction of sp³-hybridized carbons (Fsp3) is 0.500. The molecule has 5 heteroatoms. The molecule has 0 radical (unpaired) electrons. The summed E-state index contributed by atoms with van der Waals surface area (Å²) in [4.78, 5) is 21.5. The molecule has 2 rings (SSSR count). The van der Waals surface area contributed by atoms with Gasteiger partial charge in [-0.05, 0) is 18.9 Å². The van der Waals surface area contributed by atoms with Gasteiger partial charge in [0.1, 0.15) is 5.69 Å². The highest BCUT2D eigenvalue weighted by atomic mass is 16.5. The molecule has 0 unspecified atom stereocenters. The number of aromatic nitrogens is 2. The fourth-order valence-corrected chi connectivity index (χ4v) is 1.78. The SMILES string of the molecule is COC(=O)C1CC(n2ccc(C=O)n2)C1. The Morgan fingerprint density at radius 2 is 2.40 bits per heavy atom. The second kappa shape index (κ2) is 3.84. The van der Waals surface area contributed by atoms with E-state index in [0.29, 0.717) is 12.0 Å². The molecule has 0 spiro atoms. The summed E-state index contributed by atoms with van der Waals surface area (Å²) in [6.45, 7) is 0. The number of rotatable bonds is 3. The van der Waals surface area contributed by atoms with Crippen LogP contribution >= 0.6 is 0 Å². The Morgan fingerprint density at radius 3 is 2.93 bits per heavy atom. The lowest BCUT2D eigenvalue weighted by atomic mass is 9.80. The van der Waals surface area contributed by atoms with Crippen LogP contribution in [0.4, 0.5) is 0 Å². The molecule has 15 heavy (non-hydrogen) atoms. The van der Waals surface area contributed by atoms with Crippen molar-refractivity contribution in [1.29, 1.82) is 0 Å². The number of esters is 1. The topological polar surface area (TPSA) is 61.2 Å². The van der Waals surface area contributed by atoms with E-state index in [9.17, 15) is 9.59 Å². The molecule has 0 amide bonds. The summed E-state index contributed by atoms with van der Waals surface area (Å²) in [7, 11) is 1.40. The third kappa shape index (κ3) is 1.77. The quantitative estimate of drug-likeness (QED) is 0.545. The van der Waals surface area contributed by atoms with Crippen LogP contribution in [0.25, 0.3) is 0 Å². The van der Waals surface area contributed by atoms with Gasteiger partial charge in [-0.1, -0.05) is 0 Å². The first-order chi connectivity index (χ1) is 7.24. The number of aldehydes is 1. The molecule has 0 aromatic carbocycles. The minimum atomic E-state index is -0.158. The lowest BCUT2D eigenvalue weighted by Gasteiger charge is -2.33. The van der Waals surface area contributed by atoms with Crippen molar-refractivity contribution in [3.63, 3.8) is 0 Å². The number of nitrogens with zero attached hydrogens (tertiary/aromatic N) is 2. The molecule has 1 aliphatic rings. The van der Waals surface area contributed by atoms with Gasteiger partial charge in [0.05, 0.1) is 19.1 Å². The van der Waals surface area contributed by atoms with Gasteiger partial charge in [-0.2, -0.15) is 5.10 Å². The Balaban J connectivity index is 1.94. The number of hydrogen-bond donors (Lipinski definition) is 0. The van der Waals surface area contributed by atoms with Crippen molar-refractivity contribution >= 4 is 12.3 Å². The lowest BCUT2D eigenvalue weighted by molar-refractivity contribution is -0.149. The normalized spacial score (nSPS) is 24.3. The first kappa shape index (κ1) is 9.89. The van der Waals surface area contributed by atoms with E-state index in [2.05, 4.69) is 9.84 Å². The van der Waals surface area contributed by atoms with Crippen molar-refractivity contribution in [2.45, 2.75) is 18.9 Å². The predicted molar refractivity (Wildman–Crippen MR) is 51.4 cm³/mol. The van der Waals surface area contributed by atoms with Gasteiger partial charge in [-0.15, -0.1) is 0 Å². The number of carbonyl (C=O) groups excluding carboxylic acids is 2. The van der Waals surface area contributed by atoms with Crippen molar-refractivity contribution in [2.75, 3.05) is 7.11 Å². The molecule has 0 bridgehead atoms. The predicted octanol–water partition coefficient (Wildman–Crippen LogP) is 0.820. The molecule has 1 aliphatic carbocycles. The molecule has 0 N–H and O–H groups in total. The van der Waals surface area contributed by atoms with Crippen molar-refractivity contribution < 1.29 is 14.3 Å². The smallest absolute Gasteiger partial charge is 0.308 e. The van der Waals surface area contributed by atoms with E-state index in [1.54, 1.807) is 16.9 Å². The maximum absolute atomic E-state index is 11.1. The van der Waals surface area contributed by atoms with Gasteiger partial charge in [-0.3, -0.25) is 14.3 Å². The maximum Gasteiger partial charge on any atom is 0.308 e. The molecule has 0 atom stereocenters. The van der Waals surface area contributed by atoms with Crippen LogP contribution in [0.5, 0.6) is 0 Å². The first-order valence-electron chi connectivity index (χ1n) is 4.82. The minimum absolute atomic E-state index is 0.0103. The molecule has 0 saturated heterocycles. The molecule has 80 valence electrons. The number of hydrogen-bond acceptors (Lipinski definition) is 4. The average Bonchev–Trinajstić information content (AvgIpc) is 2.63. The van der Waals surface area contributed by atoms with Crippen LogP contribution in [0.15, 0.2) is 12.3 Å². The van der Waals surface area contributed by atoms with Crippen LogP contribution in [0, 0.1) is 5.92 Å². The Kier molecular flexibility index (Phi) is 2.53. The van der Waals surface area contributed by atoms with E-state index in [0.717, 1.165) is 12.8 Å². The van der Waals surface area contributed by atoms with Gasteiger partial charge in [0.2, 0.25) is 0 Å². The van der Waals surface area contributed by atoms with Gasteiger partial charge >= 0.3 is 5.97 Å². The van der Waals surface area contributed by atoms with Gasteiger partial charge in [0, 0.05) is 6.20 Å². The van der Waals surface area contributed by atoms with Crippen molar-refractivity contribution in [3.8, 4) is 0 Å². The second-order valence-electron chi connectivity index (χ2n) is 3.68. The number of methoxy groups -OCH3 is 1. The largest absolute Gasteiger partial charge is 0.469 e. The highest BCUT2D eigenvalue weighted by Crippen LogP contribution is 2.37. The summed E-state index contributed by atoms with van der Waals surface area (Å²) in [5.74, 6) is -0.169. The van der Waals surface area contributed by atoms with E-state index >= 15 is 0 Å². The lowest BCUT2D eigenvalue weighted by Crippen LogP contribution is -2.33. The molecular formula is C10H12N2O3. The van der Waals surface area contributed by atoms with Gasteiger partial charge in [-0.25, -0.2) is 0 Å². The molecule has 1 aromatic heterocycles. The Hall–Kier alpha value is -1.65. The third-order valence-corrected chi connectivity index (χ3v) is 2.77. The van der Waals surface area contributed by atoms with Crippen LogP contribution < -0.4 is 0 Å². The fourth-order valence-electron chi connectivity index (χ4n) is 1.78. The minimum Gasteiger partial charge on any atom is -0.469 e. The Labute approximate surface area is 87.0 Å². The average molecular weight is 208 g/mol. The Bertz CT molecular complexity index is 380. The molecule has 1 fully saturated rings. The van der Waals surface area contributed by atoms with E-state index in [-0.39, 0.29) is 17.9 Å². The molecule has 1 aromatic rings. The van der Waals surface area contributed by atoms with Gasteiger partial charge in [0.15, 0.2) is 6.29 Å². The van der Waals surface area contributed by atoms with Crippen molar-refractivity contribution in [2.24, 2.45) is 5.92 Å². The number of carbonyl (C=O) groups is 2. The zero-order chi connectivity index (χ0) is 10.8. The van der Waals surface area contributed by atoms with Crippen LogP contribution in [-0.2, 0) is 9.53 Å².